The van der Waals surface area contributed by atoms with Gasteiger partial charge in [-0.25, -0.2) is 4.98 Å². The zero-order valence-electron chi connectivity index (χ0n) is 19.6. The molecule has 5 rings (SSSR count). The Bertz CT molecular complexity index is 1250. The van der Waals surface area contributed by atoms with Gasteiger partial charge in [0.15, 0.2) is 9.43 Å². The summed E-state index contributed by atoms with van der Waals surface area (Å²) >= 11 is 3.10. The molecule has 0 saturated heterocycles. The van der Waals surface area contributed by atoms with Crippen molar-refractivity contribution in [3.05, 3.63) is 47.2 Å². The fourth-order valence-corrected chi connectivity index (χ4v) is 5.98. The first kappa shape index (κ1) is 23.1. The van der Waals surface area contributed by atoms with Crippen LogP contribution in [0, 0.1) is 6.92 Å². The van der Waals surface area contributed by atoms with Gasteiger partial charge in [-0.3, -0.25) is 0 Å². The van der Waals surface area contributed by atoms with Crippen molar-refractivity contribution in [2.24, 2.45) is 0 Å². The molecule has 3 heterocycles. The number of hydrogen-bond acceptors (Lipinski definition) is 10. The molecule has 1 fully saturated rings. The number of aryl methyl sites for hydroxylation is 1. The van der Waals surface area contributed by atoms with E-state index >= 15 is 0 Å². The molecular formula is C24H29N7OS2. The van der Waals surface area contributed by atoms with E-state index in [1.165, 1.54) is 11.8 Å². The molecule has 178 valence electrons. The number of nitrogens with one attached hydrogen (secondary N) is 2. The second kappa shape index (κ2) is 10.3. The van der Waals surface area contributed by atoms with Gasteiger partial charge in [0.1, 0.15) is 16.6 Å². The highest BCUT2D eigenvalue weighted by molar-refractivity contribution is 8.00. The summed E-state index contributed by atoms with van der Waals surface area (Å²) in [5, 5.41) is 18.3. The molecule has 0 bridgehead atoms. The first-order valence-electron chi connectivity index (χ1n) is 11.5. The van der Waals surface area contributed by atoms with E-state index in [4.69, 9.17) is 14.4 Å². The number of fused-ring (bicyclic) bond motifs is 1. The molecule has 0 atom stereocenters. The van der Waals surface area contributed by atoms with E-state index in [0.29, 0.717) is 18.0 Å². The van der Waals surface area contributed by atoms with Crippen molar-refractivity contribution in [2.75, 3.05) is 24.3 Å². The molecule has 0 unspecified atom stereocenters. The maximum atomic E-state index is 5.96. The Morgan fingerprint density at radius 2 is 1.82 bits per heavy atom. The fraction of sp³-hybridized carbons (Fsp3) is 0.417. The fourth-order valence-electron chi connectivity index (χ4n) is 4.25. The highest BCUT2D eigenvalue weighted by Crippen LogP contribution is 2.31. The summed E-state index contributed by atoms with van der Waals surface area (Å²) in [7, 11) is 4.04. The highest BCUT2D eigenvalue weighted by Gasteiger charge is 2.22. The molecule has 0 aliphatic heterocycles. The quantitative estimate of drug-likeness (QED) is 0.346. The summed E-state index contributed by atoms with van der Waals surface area (Å²) < 4.78 is 6.87. The van der Waals surface area contributed by atoms with Gasteiger partial charge in [0.2, 0.25) is 5.95 Å². The Morgan fingerprint density at radius 1 is 1.03 bits per heavy atom. The third kappa shape index (κ3) is 5.51. The number of aromatic nitrogens is 4. The molecule has 3 aromatic heterocycles. The van der Waals surface area contributed by atoms with Gasteiger partial charge in [0, 0.05) is 31.6 Å². The minimum absolute atomic E-state index is 0.385. The van der Waals surface area contributed by atoms with Crippen LogP contribution in [0.3, 0.4) is 0 Å². The van der Waals surface area contributed by atoms with Crippen molar-refractivity contribution >= 4 is 45.8 Å². The van der Waals surface area contributed by atoms with Gasteiger partial charge in [-0.15, -0.1) is 10.2 Å². The standard InChI is InChI=1S/C24H29N7OS2/c1-15-29-30-24(33-15)34-21-13-12-18(32-21)14-25-16-8-10-17(11-9-16)26-23-27-20-7-5-4-6-19(20)22(28-23)31(2)3/h4-7,12-13,16-17,25H,8-11,14H2,1-3H3,(H,26,27,28)/t16-,17+. The van der Waals surface area contributed by atoms with Crippen LogP contribution in [-0.2, 0) is 6.54 Å². The highest BCUT2D eigenvalue weighted by atomic mass is 32.2. The molecule has 0 spiro atoms. The van der Waals surface area contributed by atoms with E-state index in [1.54, 1.807) is 11.3 Å². The predicted octanol–water partition coefficient (Wildman–Crippen LogP) is 5.11. The topological polar surface area (TPSA) is 92.0 Å². The van der Waals surface area contributed by atoms with Gasteiger partial charge >= 0.3 is 0 Å². The van der Waals surface area contributed by atoms with Crippen LogP contribution in [0.25, 0.3) is 10.9 Å². The van der Waals surface area contributed by atoms with Crippen molar-refractivity contribution in [2.45, 2.75) is 60.7 Å². The molecule has 1 aliphatic carbocycles. The van der Waals surface area contributed by atoms with Crippen LogP contribution in [0.2, 0.25) is 0 Å². The van der Waals surface area contributed by atoms with E-state index < -0.39 is 0 Å². The number of hydrogen-bond donors (Lipinski definition) is 2. The summed E-state index contributed by atoms with van der Waals surface area (Å²) in [6, 6.07) is 13.1. The molecule has 34 heavy (non-hydrogen) atoms. The lowest BCUT2D eigenvalue weighted by atomic mass is 9.91. The lowest BCUT2D eigenvalue weighted by Gasteiger charge is -2.30. The van der Waals surface area contributed by atoms with Crippen LogP contribution in [0.4, 0.5) is 11.8 Å². The number of anilines is 2. The Kier molecular flexibility index (Phi) is 6.98. The summed E-state index contributed by atoms with van der Waals surface area (Å²) in [5.41, 5.74) is 0.969. The van der Waals surface area contributed by atoms with Gasteiger partial charge in [0.05, 0.1) is 12.1 Å². The van der Waals surface area contributed by atoms with Crippen LogP contribution >= 0.6 is 23.1 Å². The molecule has 4 aromatic rings. The number of para-hydroxylation sites is 1. The Morgan fingerprint density at radius 3 is 2.59 bits per heavy atom. The molecule has 8 nitrogen and oxygen atoms in total. The molecular weight excluding hydrogens is 466 g/mol. The van der Waals surface area contributed by atoms with Crippen molar-refractivity contribution in [3.8, 4) is 0 Å². The van der Waals surface area contributed by atoms with Gasteiger partial charge in [0.25, 0.3) is 0 Å². The van der Waals surface area contributed by atoms with E-state index in [2.05, 4.69) is 26.9 Å². The number of rotatable bonds is 8. The lowest BCUT2D eigenvalue weighted by Crippen LogP contribution is -2.36. The SMILES string of the molecule is Cc1nnc(Sc2ccc(CN[C@H]3CC[C@@H](Nc4nc(N(C)C)c5ccccc5n4)CC3)o2)s1. The summed E-state index contributed by atoms with van der Waals surface area (Å²) in [6.07, 6.45) is 4.39. The average Bonchev–Trinajstić information content (AvgIpc) is 3.46. The Balaban J connectivity index is 1.12. The van der Waals surface area contributed by atoms with Crippen LogP contribution in [0.5, 0.6) is 0 Å². The second-order valence-corrected chi connectivity index (χ2v) is 11.2. The van der Waals surface area contributed by atoms with Gasteiger partial charge in [-0.2, -0.15) is 4.98 Å². The average molecular weight is 496 g/mol. The normalized spacial score (nSPS) is 18.3. The van der Waals surface area contributed by atoms with Gasteiger partial charge < -0.3 is 20.0 Å². The largest absolute Gasteiger partial charge is 0.453 e. The van der Waals surface area contributed by atoms with Crippen LogP contribution < -0.4 is 15.5 Å². The predicted molar refractivity (Wildman–Crippen MR) is 138 cm³/mol. The molecule has 2 N–H and O–H groups in total. The molecule has 1 aromatic carbocycles. The minimum atomic E-state index is 0.385. The lowest BCUT2D eigenvalue weighted by molar-refractivity contribution is 0.332. The van der Waals surface area contributed by atoms with Crippen molar-refractivity contribution in [3.63, 3.8) is 0 Å². The van der Waals surface area contributed by atoms with E-state index in [1.807, 2.05) is 56.3 Å². The molecule has 1 saturated carbocycles. The Hall–Kier alpha value is -2.69. The van der Waals surface area contributed by atoms with Crippen LogP contribution in [0.15, 0.2) is 50.2 Å². The van der Waals surface area contributed by atoms with Crippen molar-refractivity contribution < 1.29 is 4.42 Å². The van der Waals surface area contributed by atoms with Gasteiger partial charge in [-0.1, -0.05) is 23.5 Å². The zero-order chi connectivity index (χ0) is 23.5. The summed E-state index contributed by atoms with van der Waals surface area (Å²) in [5.74, 6) is 2.61. The summed E-state index contributed by atoms with van der Waals surface area (Å²) in [6.45, 7) is 2.69. The third-order valence-electron chi connectivity index (χ3n) is 5.96. The monoisotopic (exact) mass is 495 g/mol. The van der Waals surface area contributed by atoms with Gasteiger partial charge in [-0.05, 0) is 68.6 Å². The molecule has 0 amide bonds. The first-order valence-corrected chi connectivity index (χ1v) is 13.2. The number of furan rings is 1. The minimum Gasteiger partial charge on any atom is -0.453 e. The molecule has 1 aliphatic rings. The van der Waals surface area contributed by atoms with Crippen LogP contribution in [-0.4, -0.2) is 46.3 Å². The zero-order valence-corrected chi connectivity index (χ0v) is 21.2. The maximum absolute atomic E-state index is 5.96. The maximum Gasteiger partial charge on any atom is 0.225 e. The second-order valence-electron chi connectivity index (χ2n) is 8.77. The summed E-state index contributed by atoms with van der Waals surface area (Å²) in [4.78, 5) is 11.6. The molecule has 10 heteroatoms. The van der Waals surface area contributed by atoms with Crippen molar-refractivity contribution in [1.29, 1.82) is 0 Å². The van der Waals surface area contributed by atoms with Crippen molar-refractivity contribution in [1.82, 2.24) is 25.5 Å². The van der Waals surface area contributed by atoms with Crippen LogP contribution in [0.1, 0.15) is 36.5 Å². The van der Waals surface area contributed by atoms with E-state index in [-0.39, 0.29) is 0 Å². The first-order chi connectivity index (χ1) is 16.5. The number of nitrogens with zero attached hydrogens (tertiary/aromatic N) is 5. The smallest absolute Gasteiger partial charge is 0.225 e. The Labute approximate surface area is 207 Å². The molecule has 0 radical (unpaired) electrons. The number of benzene rings is 1. The van der Waals surface area contributed by atoms with E-state index in [9.17, 15) is 0 Å². The van der Waals surface area contributed by atoms with E-state index in [0.717, 1.165) is 69.1 Å². The third-order valence-corrected chi connectivity index (χ3v) is 7.77.